The van der Waals surface area contributed by atoms with Crippen LogP contribution in [-0.4, -0.2) is 11.0 Å². The van der Waals surface area contributed by atoms with E-state index < -0.39 is 17.1 Å². The molecule has 0 spiro atoms. The van der Waals surface area contributed by atoms with Crippen molar-refractivity contribution in [2.45, 2.75) is 6.04 Å². The standard InChI is InChI=1S/C15H11N3O4/c16-10-14(11-4-2-1-3-5-11)17-15(19)22-13-8-6-12(7-9-13)18(20)21/h1-9,14H,(H,17,19). The van der Waals surface area contributed by atoms with Crippen molar-refractivity contribution < 1.29 is 14.5 Å². The minimum Gasteiger partial charge on any atom is -0.410 e. The topological polar surface area (TPSA) is 105 Å². The molecule has 0 saturated heterocycles. The number of hydrogen-bond donors (Lipinski definition) is 1. The van der Waals surface area contributed by atoms with Gasteiger partial charge in [0.15, 0.2) is 0 Å². The smallest absolute Gasteiger partial charge is 0.410 e. The van der Waals surface area contributed by atoms with E-state index in [0.29, 0.717) is 5.56 Å². The number of rotatable bonds is 4. The van der Waals surface area contributed by atoms with Gasteiger partial charge in [0.2, 0.25) is 0 Å². The van der Waals surface area contributed by atoms with E-state index in [0.717, 1.165) is 0 Å². The SMILES string of the molecule is N#CC(NC(=O)Oc1ccc([N+](=O)[O-])cc1)c1ccccc1. The molecule has 22 heavy (non-hydrogen) atoms. The van der Waals surface area contributed by atoms with Crippen LogP contribution in [0.3, 0.4) is 0 Å². The van der Waals surface area contributed by atoms with Crippen LogP contribution < -0.4 is 10.1 Å². The summed E-state index contributed by atoms with van der Waals surface area (Å²) in [4.78, 5) is 21.7. The molecule has 2 aromatic rings. The molecule has 1 amide bonds. The third-order valence-electron chi connectivity index (χ3n) is 2.78. The first-order chi connectivity index (χ1) is 10.6. The van der Waals surface area contributed by atoms with E-state index >= 15 is 0 Å². The van der Waals surface area contributed by atoms with Gasteiger partial charge in [0, 0.05) is 12.1 Å². The maximum atomic E-state index is 11.8. The molecule has 7 nitrogen and oxygen atoms in total. The Labute approximate surface area is 125 Å². The Hall–Kier alpha value is -3.40. The average molecular weight is 297 g/mol. The Bertz CT molecular complexity index is 708. The molecule has 2 aromatic carbocycles. The number of nitrogens with zero attached hydrogens (tertiary/aromatic N) is 2. The Morgan fingerprint density at radius 2 is 1.82 bits per heavy atom. The van der Waals surface area contributed by atoms with E-state index in [1.54, 1.807) is 30.3 Å². The lowest BCUT2D eigenvalue weighted by Gasteiger charge is -2.11. The zero-order valence-electron chi connectivity index (χ0n) is 11.3. The molecule has 0 aliphatic carbocycles. The number of nitro benzene ring substituents is 1. The quantitative estimate of drug-likeness (QED) is 0.690. The van der Waals surface area contributed by atoms with Gasteiger partial charge in [-0.1, -0.05) is 30.3 Å². The van der Waals surface area contributed by atoms with Crippen LogP contribution in [-0.2, 0) is 0 Å². The van der Waals surface area contributed by atoms with E-state index in [2.05, 4.69) is 5.32 Å². The number of ether oxygens (including phenoxy) is 1. The molecule has 0 bridgehead atoms. The van der Waals surface area contributed by atoms with Crippen LogP contribution in [0, 0.1) is 21.4 Å². The number of amides is 1. The van der Waals surface area contributed by atoms with Crippen LogP contribution in [0.15, 0.2) is 54.6 Å². The fourth-order valence-corrected chi connectivity index (χ4v) is 1.73. The monoisotopic (exact) mass is 297 g/mol. The summed E-state index contributed by atoms with van der Waals surface area (Å²) in [6.45, 7) is 0. The Balaban J connectivity index is 2.00. The van der Waals surface area contributed by atoms with Gasteiger partial charge in [-0.15, -0.1) is 0 Å². The number of carbonyl (C=O) groups is 1. The summed E-state index contributed by atoms with van der Waals surface area (Å²) in [5.74, 6) is 0.146. The van der Waals surface area contributed by atoms with Crippen molar-refractivity contribution in [3.8, 4) is 11.8 Å². The molecule has 0 aliphatic heterocycles. The van der Waals surface area contributed by atoms with Crippen molar-refractivity contribution in [2.24, 2.45) is 0 Å². The van der Waals surface area contributed by atoms with Crippen LogP contribution >= 0.6 is 0 Å². The largest absolute Gasteiger partial charge is 0.413 e. The van der Waals surface area contributed by atoms with Crippen LogP contribution in [0.5, 0.6) is 5.75 Å². The fourth-order valence-electron chi connectivity index (χ4n) is 1.73. The summed E-state index contributed by atoms with van der Waals surface area (Å²) in [7, 11) is 0. The Morgan fingerprint density at radius 3 is 2.36 bits per heavy atom. The highest BCUT2D eigenvalue weighted by atomic mass is 16.6. The van der Waals surface area contributed by atoms with Crippen molar-refractivity contribution in [3.05, 3.63) is 70.3 Å². The van der Waals surface area contributed by atoms with E-state index in [4.69, 9.17) is 10.00 Å². The third kappa shape index (κ3) is 3.80. The molecule has 2 rings (SSSR count). The summed E-state index contributed by atoms with van der Waals surface area (Å²) in [5.41, 5.74) is 0.526. The first-order valence-electron chi connectivity index (χ1n) is 6.27. The number of non-ortho nitro benzene ring substituents is 1. The maximum Gasteiger partial charge on any atom is 0.413 e. The number of nitrogens with one attached hydrogen (secondary N) is 1. The second-order valence-corrected chi connectivity index (χ2v) is 4.26. The van der Waals surface area contributed by atoms with Gasteiger partial charge in [0.1, 0.15) is 11.8 Å². The van der Waals surface area contributed by atoms with Crippen molar-refractivity contribution in [1.29, 1.82) is 5.26 Å². The summed E-state index contributed by atoms with van der Waals surface area (Å²) >= 11 is 0. The molecular formula is C15H11N3O4. The molecule has 110 valence electrons. The molecule has 0 radical (unpaired) electrons. The predicted molar refractivity (Wildman–Crippen MR) is 77.1 cm³/mol. The number of nitriles is 1. The van der Waals surface area contributed by atoms with Gasteiger partial charge in [-0.25, -0.2) is 4.79 Å². The van der Waals surface area contributed by atoms with E-state index in [9.17, 15) is 14.9 Å². The lowest BCUT2D eigenvalue weighted by atomic mass is 10.1. The molecule has 1 atom stereocenters. The number of benzene rings is 2. The maximum absolute atomic E-state index is 11.8. The third-order valence-corrected chi connectivity index (χ3v) is 2.78. The van der Waals surface area contributed by atoms with Gasteiger partial charge < -0.3 is 10.1 Å². The zero-order valence-corrected chi connectivity index (χ0v) is 11.3. The molecule has 7 heteroatoms. The van der Waals surface area contributed by atoms with Gasteiger partial charge in [-0.2, -0.15) is 5.26 Å². The highest BCUT2D eigenvalue weighted by Crippen LogP contribution is 2.18. The summed E-state index contributed by atoms with van der Waals surface area (Å²) in [6.07, 6.45) is -0.816. The van der Waals surface area contributed by atoms with E-state index in [-0.39, 0.29) is 11.4 Å². The molecule has 0 heterocycles. The molecular weight excluding hydrogens is 286 g/mol. The van der Waals surface area contributed by atoms with Crippen molar-refractivity contribution in [3.63, 3.8) is 0 Å². The Kier molecular flexibility index (Phi) is 4.67. The fraction of sp³-hybridized carbons (Fsp3) is 0.0667. The average Bonchev–Trinajstić information content (AvgIpc) is 2.54. The summed E-state index contributed by atoms with van der Waals surface area (Å²) in [6, 6.07) is 14.9. The summed E-state index contributed by atoms with van der Waals surface area (Å²) < 4.78 is 4.98. The lowest BCUT2D eigenvalue weighted by molar-refractivity contribution is -0.384. The predicted octanol–water partition coefficient (Wildman–Crippen LogP) is 2.95. The highest BCUT2D eigenvalue weighted by molar-refractivity contribution is 5.71. The number of carbonyl (C=O) groups excluding carboxylic acids is 1. The van der Waals surface area contributed by atoms with E-state index in [1.165, 1.54) is 24.3 Å². The first-order valence-corrected chi connectivity index (χ1v) is 6.27. The van der Waals surface area contributed by atoms with E-state index in [1.807, 2.05) is 6.07 Å². The molecule has 0 aromatic heterocycles. The number of hydrogen-bond acceptors (Lipinski definition) is 5. The zero-order chi connectivity index (χ0) is 15.9. The minimum absolute atomic E-state index is 0.105. The van der Waals surface area contributed by atoms with Crippen molar-refractivity contribution >= 4 is 11.8 Å². The van der Waals surface area contributed by atoms with Crippen LogP contribution in [0.4, 0.5) is 10.5 Å². The van der Waals surface area contributed by atoms with Crippen LogP contribution in [0.1, 0.15) is 11.6 Å². The molecule has 0 fully saturated rings. The minimum atomic E-state index is -0.841. The van der Waals surface area contributed by atoms with Gasteiger partial charge in [0.05, 0.1) is 11.0 Å². The highest BCUT2D eigenvalue weighted by Gasteiger charge is 2.15. The molecule has 0 saturated carbocycles. The van der Waals surface area contributed by atoms with Crippen LogP contribution in [0.2, 0.25) is 0 Å². The second kappa shape index (κ2) is 6.85. The normalized spacial score (nSPS) is 11.0. The first kappa shape index (κ1) is 15.0. The van der Waals surface area contributed by atoms with Gasteiger partial charge in [-0.3, -0.25) is 10.1 Å². The molecule has 0 aliphatic rings. The van der Waals surface area contributed by atoms with Gasteiger partial charge in [0.25, 0.3) is 5.69 Å². The van der Waals surface area contributed by atoms with Gasteiger partial charge in [-0.05, 0) is 17.7 Å². The second-order valence-electron chi connectivity index (χ2n) is 4.26. The summed E-state index contributed by atoms with van der Waals surface area (Å²) in [5, 5.41) is 22.0. The van der Waals surface area contributed by atoms with Gasteiger partial charge >= 0.3 is 6.09 Å². The van der Waals surface area contributed by atoms with Crippen molar-refractivity contribution in [2.75, 3.05) is 0 Å². The lowest BCUT2D eigenvalue weighted by Crippen LogP contribution is -2.30. The number of nitro groups is 1. The molecule has 1 N–H and O–H groups in total. The van der Waals surface area contributed by atoms with Crippen LogP contribution in [0.25, 0.3) is 0 Å². The van der Waals surface area contributed by atoms with Crippen molar-refractivity contribution in [1.82, 2.24) is 5.32 Å². The Morgan fingerprint density at radius 1 is 1.18 bits per heavy atom. The molecule has 1 unspecified atom stereocenters.